The van der Waals surface area contributed by atoms with Gasteiger partial charge in [-0.1, -0.05) is 78.9 Å². The second-order valence-corrected chi connectivity index (χ2v) is 8.92. The van der Waals surface area contributed by atoms with Gasteiger partial charge in [-0.05, 0) is 57.9 Å². The van der Waals surface area contributed by atoms with Crippen LogP contribution in [0.2, 0.25) is 0 Å². The highest BCUT2D eigenvalue weighted by Gasteiger charge is 2.16. The number of carbonyl (C=O) groups excluding carboxylic acids is 2. The van der Waals surface area contributed by atoms with Crippen LogP contribution in [0.3, 0.4) is 0 Å². The van der Waals surface area contributed by atoms with Crippen molar-refractivity contribution in [3.63, 3.8) is 0 Å². The third-order valence-corrected chi connectivity index (χ3v) is 6.53. The van der Waals surface area contributed by atoms with Gasteiger partial charge in [0.15, 0.2) is 0 Å². The Morgan fingerprint density at radius 3 is 2.13 bits per heavy atom. The molecule has 1 aromatic heterocycles. The van der Waals surface area contributed by atoms with E-state index in [0.29, 0.717) is 22.4 Å². The SMILES string of the molecule is O=C(N/N=C/c1c(OC(=O)c2cccc3ccccc23)ccc2ccccc12)c1ccccc1-n1cccc1. The van der Waals surface area contributed by atoms with Crippen LogP contribution in [-0.4, -0.2) is 22.7 Å². The average Bonchev–Trinajstić information content (AvgIpc) is 3.53. The van der Waals surface area contributed by atoms with Gasteiger partial charge in [-0.25, -0.2) is 10.2 Å². The molecule has 188 valence electrons. The van der Waals surface area contributed by atoms with Crippen LogP contribution in [0.5, 0.6) is 5.75 Å². The molecule has 0 aliphatic heterocycles. The van der Waals surface area contributed by atoms with Gasteiger partial charge in [0.2, 0.25) is 0 Å². The second kappa shape index (κ2) is 10.5. The Kier molecular flexibility index (Phi) is 6.41. The lowest BCUT2D eigenvalue weighted by Crippen LogP contribution is -2.19. The fourth-order valence-corrected chi connectivity index (χ4v) is 4.66. The number of carbonyl (C=O) groups is 2. The smallest absolute Gasteiger partial charge is 0.344 e. The number of hydrogen-bond acceptors (Lipinski definition) is 4. The largest absolute Gasteiger partial charge is 0.422 e. The van der Waals surface area contributed by atoms with Gasteiger partial charge in [0.25, 0.3) is 5.91 Å². The number of ether oxygens (including phenoxy) is 1. The molecule has 6 rings (SSSR count). The number of hydrazone groups is 1. The minimum absolute atomic E-state index is 0.345. The maximum absolute atomic E-state index is 13.3. The lowest BCUT2D eigenvalue weighted by atomic mass is 10.0. The lowest BCUT2D eigenvalue weighted by molar-refractivity contribution is 0.0736. The molecule has 0 saturated heterocycles. The summed E-state index contributed by atoms with van der Waals surface area (Å²) in [4.78, 5) is 26.4. The van der Waals surface area contributed by atoms with E-state index in [-0.39, 0.29) is 5.91 Å². The number of esters is 1. The first-order chi connectivity index (χ1) is 19.2. The highest BCUT2D eigenvalue weighted by atomic mass is 16.5. The van der Waals surface area contributed by atoms with Crippen molar-refractivity contribution in [2.24, 2.45) is 5.10 Å². The monoisotopic (exact) mass is 509 g/mol. The van der Waals surface area contributed by atoms with Crippen LogP contribution in [-0.2, 0) is 0 Å². The molecule has 1 N–H and O–H groups in total. The predicted octanol–water partition coefficient (Wildman–Crippen LogP) is 6.77. The average molecular weight is 510 g/mol. The molecule has 39 heavy (non-hydrogen) atoms. The Bertz CT molecular complexity index is 1850. The second-order valence-electron chi connectivity index (χ2n) is 8.92. The predicted molar refractivity (Wildman–Crippen MR) is 154 cm³/mol. The van der Waals surface area contributed by atoms with Crippen molar-refractivity contribution in [3.05, 3.63) is 144 Å². The standard InChI is InChI=1S/C33H23N3O3/c37-32(28-15-5-6-17-30(28)36-20-7-8-21-36)35-34-22-29-26-14-4-2-11-24(26)18-19-31(29)39-33(38)27-16-9-12-23-10-1-3-13-25(23)27/h1-22H,(H,35,37)/b34-22+. The topological polar surface area (TPSA) is 72.7 Å². The molecule has 0 saturated carbocycles. The van der Waals surface area contributed by atoms with E-state index in [0.717, 1.165) is 27.2 Å². The molecule has 6 aromatic rings. The molecule has 0 spiro atoms. The van der Waals surface area contributed by atoms with Gasteiger partial charge < -0.3 is 9.30 Å². The molecule has 6 nitrogen and oxygen atoms in total. The summed E-state index contributed by atoms with van der Waals surface area (Å²) in [5, 5.41) is 7.82. The molecule has 1 heterocycles. The van der Waals surface area contributed by atoms with E-state index in [9.17, 15) is 9.59 Å². The summed E-state index contributed by atoms with van der Waals surface area (Å²) in [7, 11) is 0. The van der Waals surface area contributed by atoms with Crippen molar-refractivity contribution in [3.8, 4) is 11.4 Å². The molecule has 6 heteroatoms. The lowest BCUT2D eigenvalue weighted by Gasteiger charge is -2.12. The van der Waals surface area contributed by atoms with Gasteiger partial charge in [0.1, 0.15) is 5.75 Å². The first kappa shape index (κ1) is 23.9. The molecule has 0 unspecified atom stereocenters. The Morgan fingerprint density at radius 1 is 0.667 bits per heavy atom. The van der Waals surface area contributed by atoms with Gasteiger partial charge in [0, 0.05) is 18.0 Å². The Balaban J connectivity index is 1.32. The normalized spacial score (nSPS) is 11.2. The summed E-state index contributed by atoms with van der Waals surface area (Å²) in [6.45, 7) is 0. The number of para-hydroxylation sites is 1. The number of aromatic nitrogens is 1. The van der Waals surface area contributed by atoms with Crippen LogP contribution in [0.25, 0.3) is 27.2 Å². The summed E-state index contributed by atoms with van der Waals surface area (Å²) in [5.41, 5.74) is 4.90. The van der Waals surface area contributed by atoms with Crippen molar-refractivity contribution < 1.29 is 14.3 Å². The Hall–Kier alpha value is -5.49. The number of rotatable bonds is 6. The van der Waals surface area contributed by atoms with E-state index in [4.69, 9.17) is 4.74 Å². The van der Waals surface area contributed by atoms with Crippen LogP contribution in [0, 0.1) is 0 Å². The summed E-state index contributed by atoms with van der Waals surface area (Å²) < 4.78 is 7.78. The van der Waals surface area contributed by atoms with Crippen LogP contribution in [0.4, 0.5) is 0 Å². The molecule has 0 aliphatic carbocycles. The van der Waals surface area contributed by atoms with Crippen LogP contribution in [0.15, 0.2) is 133 Å². The van der Waals surface area contributed by atoms with Crippen molar-refractivity contribution in [1.29, 1.82) is 0 Å². The zero-order chi connectivity index (χ0) is 26.6. The summed E-state index contributed by atoms with van der Waals surface area (Å²) >= 11 is 0. The zero-order valence-corrected chi connectivity index (χ0v) is 20.8. The summed E-state index contributed by atoms with van der Waals surface area (Å²) in [6.07, 6.45) is 5.27. The van der Waals surface area contributed by atoms with Gasteiger partial charge in [-0.3, -0.25) is 4.79 Å². The third kappa shape index (κ3) is 4.79. The van der Waals surface area contributed by atoms with Crippen molar-refractivity contribution >= 4 is 39.6 Å². The molecule has 5 aromatic carbocycles. The first-order valence-corrected chi connectivity index (χ1v) is 12.5. The van der Waals surface area contributed by atoms with Crippen molar-refractivity contribution in [2.75, 3.05) is 0 Å². The fraction of sp³-hybridized carbons (Fsp3) is 0. The van der Waals surface area contributed by atoms with Gasteiger partial charge in [-0.15, -0.1) is 0 Å². The Morgan fingerprint density at radius 2 is 1.31 bits per heavy atom. The number of nitrogens with one attached hydrogen (secondary N) is 1. The molecule has 0 bridgehead atoms. The van der Waals surface area contributed by atoms with Crippen LogP contribution < -0.4 is 10.2 Å². The van der Waals surface area contributed by atoms with E-state index in [2.05, 4.69) is 10.5 Å². The highest BCUT2D eigenvalue weighted by molar-refractivity contribution is 6.08. The maximum Gasteiger partial charge on any atom is 0.344 e. The Labute approximate surface area is 224 Å². The summed E-state index contributed by atoms with van der Waals surface area (Å²) in [5.74, 6) is -0.483. The van der Waals surface area contributed by atoms with E-state index >= 15 is 0 Å². The molecular formula is C33H23N3O3. The first-order valence-electron chi connectivity index (χ1n) is 12.5. The quantitative estimate of drug-likeness (QED) is 0.117. The van der Waals surface area contributed by atoms with Crippen LogP contribution in [0.1, 0.15) is 26.3 Å². The van der Waals surface area contributed by atoms with E-state index in [1.807, 2.05) is 108 Å². The fourth-order valence-electron chi connectivity index (χ4n) is 4.66. The summed E-state index contributed by atoms with van der Waals surface area (Å²) in [6, 6.07) is 35.7. The molecule has 1 amide bonds. The highest BCUT2D eigenvalue weighted by Crippen LogP contribution is 2.28. The van der Waals surface area contributed by atoms with Gasteiger partial charge in [-0.2, -0.15) is 5.10 Å². The molecule has 0 aliphatic rings. The van der Waals surface area contributed by atoms with E-state index in [1.165, 1.54) is 6.21 Å². The third-order valence-electron chi connectivity index (χ3n) is 6.53. The van der Waals surface area contributed by atoms with Gasteiger partial charge >= 0.3 is 5.97 Å². The molecule has 0 atom stereocenters. The van der Waals surface area contributed by atoms with Crippen LogP contribution >= 0.6 is 0 Å². The van der Waals surface area contributed by atoms with Crippen molar-refractivity contribution in [1.82, 2.24) is 9.99 Å². The number of nitrogens with zero attached hydrogens (tertiary/aromatic N) is 2. The molecule has 0 radical (unpaired) electrons. The number of benzene rings is 5. The molecule has 0 fully saturated rings. The maximum atomic E-state index is 13.3. The number of fused-ring (bicyclic) bond motifs is 2. The molecular weight excluding hydrogens is 486 g/mol. The van der Waals surface area contributed by atoms with E-state index < -0.39 is 5.97 Å². The zero-order valence-electron chi connectivity index (χ0n) is 20.8. The van der Waals surface area contributed by atoms with Crippen molar-refractivity contribution in [2.45, 2.75) is 0 Å². The minimum atomic E-state index is -0.471. The number of hydrogen-bond donors (Lipinski definition) is 1. The van der Waals surface area contributed by atoms with E-state index in [1.54, 1.807) is 24.3 Å². The van der Waals surface area contributed by atoms with Gasteiger partial charge in [0.05, 0.1) is 23.0 Å². The minimum Gasteiger partial charge on any atom is -0.422 e. The number of amides is 1.